The Labute approximate surface area is 127 Å². The van der Waals surface area contributed by atoms with Gasteiger partial charge in [0, 0.05) is 37.5 Å². The van der Waals surface area contributed by atoms with Crippen LogP contribution < -0.4 is 4.90 Å². The number of phenols is 1. The Kier molecular flexibility index (Phi) is 4.46. The van der Waals surface area contributed by atoms with Gasteiger partial charge in [-0.1, -0.05) is 0 Å². The van der Waals surface area contributed by atoms with E-state index in [0.29, 0.717) is 5.56 Å². The highest BCUT2D eigenvalue weighted by atomic mass is 19.1. The van der Waals surface area contributed by atoms with Crippen LogP contribution in [0.1, 0.15) is 15.9 Å². The topological polar surface area (TPSA) is 60.8 Å². The number of aliphatic hydroxyl groups excluding tert-OH is 1. The zero-order valence-corrected chi connectivity index (χ0v) is 12.2. The van der Waals surface area contributed by atoms with Crippen LogP contribution in [0.4, 0.5) is 10.1 Å². The maximum absolute atomic E-state index is 12.9. The lowest BCUT2D eigenvalue weighted by Gasteiger charge is -2.12. The summed E-state index contributed by atoms with van der Waals surface area (Å²) < 4.78 is 12.9. The molecule has 0 aliphatic heterocycles. The first kappa shape index (κ1) is 15.6. The number of aliphatic hydroxyl groups is 1. The Morgan fingerprint density at radius 3 is 2.32 bits per heavy atom. The first-order valence-electron chi connectivity index (χ1n) is 6.60. The zero-order chi connectivity index (χ0) is 16.3. The largest absolute Gasteiger partial charge is 0.507 e. The van der Waals surface area contributed by atoms with Gasteiger partial charge in [0.05, 0.1) is 5.56 Å². The summed E-state index contributed by atoms with van der Waals surface area (Å²) in [5, 5.41) is 19.6. The quantitative estimate of drug-likeness (QED) is 0.516. The molecular formula is C17H16FNO3. The molecule has 22 heavy (non-hydrogen) atoms. The summed E-state index contributed by atoms with van der Waals surface area (Å²) >= 11 is 0. The van der Waals surface area contributed by atoms with Gasteiger partial charge in [-0.2, -0.15) is 0 Å². The van der Waals surface area contributed by atoms with Crippen molar-refractivity contribution in [2.24, 2.45) is 0 Å². The first-order valence-corrected chi connectivity index (χ1v) is 6.60. The standard InChI is InChI=1S/C17H16FNO3/c1-19(2)13-6-3-11(4-7-13)15(20)10-17(22)14-8-5-12(18)9-16(14)21/h3-10,20-21H,1-2H3/b15-10-. The molecule has 0 saturated carbocycles. The van der Waals surface area contributed by atoms with Crippen molar-refractivity contribution in [2.75, 3.05) is 19.0 Å². The molecule has 0 heterocycles. The lowest BCUT2D eigenvalue weighted by Crippen LogP contribution is -2.08. The predicted octanol–water partition coefficient (Wildman–Crippen LogP) is 3.38. The van der Waals surface area contributed by atoms with Gasteiger partial charge in [-0.15, -0.1) is 0 Å². The number of aromatic hydroxyl groups is 1. The predicted molar refractivity (Wildman–Crippen MR) is 83.8 cm³/mol. The third-order valence-corrected chi connectivity index (χ3v) is 3.17. The minimum Gasteiger partial charge on any atom is -0.507 e. The van der Waals surface area contributed by atoms with Crippen molar-refractivity contribution in [3.05, 3.63) is 65.5 Å². The monoisotopic (exact) mass is 301 g/mol. The molecule has 0 amide bonds. The van der Waals surface area contributed by atoms with E-state index in [9.17, 15) is 19.4 Å². The van der Waals surface area contributed by atoms with Gasteiger partial charge in [-0.05, 0) is 36.4 Å². The molecule has 0 spiro atoms. The number of rotatable bonds is 4. The highest BCUT2D eigenvalue weighted by Crippen LogP contribution is 2.21. The number of hydrogen-bond acceptors (Lipinski definition) is 4. The van der Waals surface area contributed by atoms with Crippen LogP contribution in [0.3, 0.4) is 0 Å². The van der Waals surface area contributed by atoms with Gasteiger partial charge in [0.2, 0.25) is 0 Å². The molecule has 0 unspecified atom stereocenters. The second-order valence-corrected chi connectivity index (χ2v) is 5.00. The van der Waals surface area contributed by atoms with E-state index < -0.39 is 17.3 Å². The molecule has 5 heteroatoms. The van der Waals surface area contributed by atoms with Crippen molar-refractivity contribution in [1.82, 2.24) is 0 Å². The number of ketones is 1. The first-order chi connectivity index (χ1) is 10.4. The summed E-state index contributed by atoms with van der Waals surface area (Å²) in [5.74, 6) is -1.93. The zero-order valence-electron chi connectivity index (χ0n) is 12.2. The SMILES string of the molecule is CN(C)c1ccc(/C(O)=C/C(=O)c2ccc(F)cc2O)cc1. The second-order valence-electron chi connectivity index (χ2n) is 5.00. The summed E-state index contributed by atoms with van der Waals surface area (Å²) in [6.07, 6.45) is 0.998. The molecule has 0 saturated heterocycles. The van der Waals surface area contributed by atoms with Crippen LogP contribution in [0.2, 0.25) is 0 Å². The summed E-state index contributed by atoms with van der Waals surface area (Å²) in [6.45, 7) is 0. The number of phenolic OH excluding ortho intramolecular Hbond substituents is 1. The van der Waals surface area contributed by atoms with Crippen molar-refractivity contribution in [3.63, 3.8) is 0 Å². The molecule has 2 N–H and O–H groups in total. The number of hydrogen-bond donors (Lipinski definition) is 2. The van der Waals surface area contributed by atoms with Gasteiger partial charge < -0.3 is 15.1 Å². The Morgan fingerprint density at radius 2 is 1.77 bits per heavy atom. The van der Waals surface area contributed by atoms with Crippen LogP contribution in [0.25, 0.3) is 5.76 Å². The third-order valence-electron chi connectivity index (χ3n) is 3.17. The number of halogens is 1. The van der Waals surface area contributed by atoms with Crippen LogP contribution >= 0.6 is 0 Å². The summed E-state index contributed by atoms with van der Waals surface area (Å²) in [7, 11) is 3.79. The average Bonchev–Trinajstić information content (AvgIpc) is 2.47. The van der Waals surface area contributed by atoms with Gasteiger partial charge >= 0.3 is 0 Å². The Bertz CT molecular complexity index is 721. The molecular weight excluding hydrogens is 285 g/mol. The van der Waals surface area contributed by atoms with Gasteiger partial charge in [0.15, 0.2) is 5.78 Å². The fraction of sp³-hybridized carbons (Fsp3) is 0.118. The smallest absolute Gasteiger partial charge is 0.193 e. The fourth-order valence-corrected chi connectivity index (χ4v) is 1.93. The Morgan fingerprint density at radius 1 is 1.14 bits per heavy atom. The van der Waals surface area contributed by atoms with E-state index in [-0.39, 0.29) is 11.3 Å². The van der Waals surface area contributed by atoms with Crippen molar-refractivity contribution in [3.8, 4) is 5.75 Å². The molecule has 0 fully saturated rings. The van der Waals surface area contributed by atoms with E-state index in [2.05, 4.69) is 0 Å². The second kappa shape index (κ2) is 6.30. The molecule has 114 valence electrons. The van der Waals surface area contributed by atoms with Gasteiger partial charge in [-0.3, -0.25) is 4.79 Å². The summed E-state index contributed by atoms with van der Waals surface area (Å²) in [4.78, 5) is 13.9. The minimum absolute atomic E-state index is 0.0714. The highest BCUT2D eigenvalue weighted by molar-refractivity contribution is 6.09. The van der Waals surface area contributed by atoms with Crippen LogP contribution in [-0.4, -0.2) is 30.1 Å². The van der Waals surface area contributed by atoms with E-state index in [0.717, 1.165) is 23.9 Å². The van der Waals surface area contributed by atoms with Crippen LogP contribution in [0.5, 0.6) is 5.75 Å². The third kappa shape index (κ3) is 3.44. The van der Waals surface area contributed by atoms with Crippen molar-refractivity contribution in [2.45, 2.75) is 0 Å². The Balaban J connectivity index is 2.25. The molecule has 2 rings (SSSR count). The van der Waals surface area contributed by atoms with Gasteiger partial charge in [0.25, 0.3) is 0 Å². The molecule has 0 aromatic heterocycles. The summed E-state index contributed by atoms with van der Waals surface area (Å²) in [6, 6.07) is 10.1. The maximum Gasteiger partial charge on any atom is 0.193 e. The average molecular weight is 301 g/mol. The van der Waals surface area contributed by atoms with Gasteiger partial charge in [0.1, 0.15) is 17.3 Å². The normalized spacial score (nSPS) is 11.3. The number of carbonyl (C=O) groups excluding carboxylic acids is 1. The van der Waals surface area contributed by atoms with Crippen molar-refractivity contribution in [1.29, 1.82) is 0 Å². The molecule has 0 bridgehead atoms. The van der Waals surface area contributed by atoms with E-state index in [1.54, 1.807) is 24.3 Å². The molecule has 0 aliphatic rings. The van der Waals surface area contributed by atoms with E-state index >= 15 is 0 Å². The minimum atomic E-state index is -0.637. The lowest BCUT2D eigenvalue weighted by atomic mass is 10.1. The van der Waals surface area contributed by atoms with E-state index in [4.69, 9.17) is 0 Å². The molecule has 2 aromatic carbocycles. The molecule has 0 aliphatic carbocycles. The van der Waals surface area contributed by atoms with E-state index in [1.807, 2.05) is 19.0 Å². The van der Waals surface area contributed by atoms with Crippen LogP contribution in [0, 0.1) is 5.82 Å². The summed E-state index contributed by atoms with van der Waals surface area (Å²) in [5.41, 5.74) is 1.36. The fourth-order valence-electron chi connectivity index (χ4n) is 1.93. The molecule has 0 atom stereocenters. The van der Waals surface area contributed by atoms with Gasteiger partial charge in [-0.25, -0.2) is 4.39 Å². The van der Waals surface area contributed by atoms with E-state index in [1.165, 1.54) is 6.07 Å². The molecule has 4 nitrogen and oxygen atoms in total. The molecule has 0 radical (unpaired) electrons. The lowest BCUT2D eigenvalue weighted by molar-refractivity contribution is 0.104. The maximum atomic E-state index is 12.9. The van der Waals surface area contributed by atoms with Crippen molar-refractivity contribution >= 4 is 17.2 Å². The number of benzene rings is 2. The van der Waals surface area contributed by atoms with Crippen LogP contribution in [0.15, 0.2) is 48.5 Å². The van der Waals surface area contributed by atoms with Crippen LogP contribution in [-0.2, 0) is 0 Å². The number of carbonyl (C=O) groups is 1. The number of anilines is 1. The number of allylic oxidation sites excluding steroid dienone is 1. The Hall–Kier alpha value is -2.82. The number of nitrogens with zero attached hydrogens (tertiary/aromatic N) is 1. The van der Waals surface area contributed by atoms with Crippen molar-refractivity contribution < 1.29 is 19.4 Å². The molecule has 2 aromatic rings. The highest BCUT2D eigenvalue weighted by Gasteiger charge is 2.11.